The second-order valence-corrected chi connectivity index (χ2v) is 8.46. The number of pyridine rings is 1. The predicted octanol–water partition coefficient (Wildman–Crippen LogP) is 5.90. The minimum atomic E-state index is 0.580. The van der Waals surface area contributed by atoms with Crippen molar-refractivity contribution >= 4 is 28.5 Å². The van der Waals surface area contributed by atoms with Crippen molar-refractivity contribution in [2.24, 2.45) is 0 Å². The van der Waals surface area contributed by atoms with Gasteiger partial charge in [0.05, 0.1) is 5.52 Å². The first-order valence-corrected chi connectivity index (χ1v) is 10.2. The molecule has 2 aromatic heterocycles. The molecule has 0 atom stereocenters. The third-order valence-corrected chi connectivity index (χ3v) is 5.43. The molecule has 4 aromatic rings. The van der Waals surface area contributed by atoms with Crippen LogP contribution < -0.4 is 5.32 Å². The molecular formula is C23H22N4S. The van der Waals surface area contributed by atoms with Crippen molar-refractivity contribution in [2.45, 2.75) is 24.0 Å². The van der Waals surface area contributed by atoms with Crippen LogP contribution in [0.4, 0.5) is 5.82 Å². The molecule has 0 aliphatic heterocycles. The summed E-state index contributed by atoms with van der Waals surface area (Å²) < 4.78 is 0. The molecule has 4 rings (SSSR count). The van der Waals surface area contributed by atoms with Crippen LogP contribution in [0.2, 0.25) is 0 Å². The maximum atomic E-state index is 4.74. The van der Waals surface area contributed by atoms with Crippen LogP contribution in [0.15, 0.2) is 71.9 Å². The maximum Gasteiger partial charge on any atom is 0.163 e. The van der Waals surface area contributed by atoms with E-state index in [-0.39, 0.29) is 0 Å². The molecule has 0 aliphatic carbocycles. The number of hydrogen-bond acceptors (Lipinski definition) is 5. The maximum absolute atomic E-state index is 4.74. The lowest BCUT2D eigenvalue weighted by Gasteiger charge is -2.11. The van der Waals surface area contributed by atoms with Gasteiger partial charge in [0, 0.05) is 40.5 Å². The Morgan fingerprint density at radius 2 is 1.68 bits per heavy atom. The molecule has 0 fully saturated rings. The SMILES string of the molecule is CNc1nc(-c2cccnc2)nc2ccc(-c3ccc(SC(C)C)cc3)cc12. The molecule has 0 saturated carbocycles. The highest BCUT2D eigenvalue weighted by Crippen LogP contribution is 2.31. The van der Waals surface area contributed by atoms with Gasteiger partial charge in [0.2, 0.25) is 0 Å². The van der Waals surface area contributed by atoms with Gasteiger partial charge in [-0.25, -0.2) is 9.97 Å². The van der Waals surface area contributed by atoms with E-state index in [1.807, 2.05) is 30.9 Å². The lowest BCUT2D eigenvalue weighted by atomic mass is 10.0. The van der Waals surface area contributed by atoms with E-state index < -0.39 is 0 Å². The number of hydrogen-bond donors (Lipinski definition) is 1. The molecule has 28 heavy (non-hydrogen) atoms. The molecule has 4 nitrogen and oxygen atoms in total. The minimum absolute atomic E-state index is 0.580. The Balaban J connectivity index is 1.74. The molecule has 0 spiro atoms. The number of fused-ring (bicyclic) bond motifs is 1. The van der Waals surface area contributed by atoms with Crippen molar-refractivity contribution in [1.29, 1.82) is 0 Å². The van der Waals surface area contributed by atoms with E-state index >= 15 is 0 Å². The summed E-state index contributed by atoms with van der Waals surface area (Å²) in [7, 11) is 1.89. The molecule has 0 saturated heterocycles. The van der Waals surface area contributed by atoms with Crippen LogP contribution in [0.25, 0.3) is 33.4 Å². The topological polar surface area (TPSA) is 50.7 Å². The highest BCUT2D eigenvalue weighted by atomic mass is 32.2. The fourth-order valence-electron chi connectivity index (χ4n) is 3.12. The van der Waals surface area contributed by atoms with Gasteiger partial charge in [0.1, 0.15) is 5.82 Å². The molecule has 5 heteroatoms. The predicted molar refractivity (Wildman–Crippen MR) is 119 cm³/mol. The van der Waals surface area contributed by atoms with Crippen LogP contribution >= 0.6 is 11.8 Å². The van der Waals surface area contributed by atoms with Gasteiger partial charge in [-0.05, 0) is 47.5 Å². The molecule has 0 amide bonds. The van der Waals surface area contributed by atoms with Gasteiger partial charge in [-0.1, -0.05) is 32.0 Å². The Labute approximate surface area is 169 Å². The summed E-state index contributed by atoms with van der Waals surface area (Å²) in [6.07, 6.45) is 3.53. The minimum Gasteiger partial charge on any atom is -0.373 e. The van der Waals surface area contributed by atoms with E-state index in [1.165, 1.54) is 10.5 Å². The smallest absolute Gasteiger partial charge is 0.163 e. The van der Waals surface area contributed by atoms with Gasteiger partial charge in [-0.3, -0.25) is 4.98 Å². The molecule has 0 aliphatic rings. The fraction of sp³-hybridized carbons (Fsp3) is 0.174. The second kappa shape index (κ2) is 7.98. The summed E-state index contributed by atoms with van der Waals surface area (Å²) in [6.45, 7) is 4.42. The highest BCUT2D eigenvalue weighted by molar-refractivity contribution is 7.99. The Bertz CT molecular complexity index is 1090. The van der Waals surface area contributed by atoms with Crippen molar-refractivity contribution in [3.8, 4) is 22.5 Å². The Morgan fingerprint density at radius 1 is 0.893 bits per heavy atom. The van der Waals surface area contributed by atoms with E-state index in [1.54, 1.807) is 12.4 Å². The van der Waals surface area contributed by atoms with Crippen molar-refractivity contribution in [3.05, 3.63) is 67.0 Å². The third kappa shape index (κ3) is 3.85. The van der Waals surface area contributed by atoms with Gasteiger partial charge in [-0.2, -0.15) is 0 Å². The van der Waals surface area contributed by atoms with Crippen molar-refractivity contribution in [2.75, 3.05) is 12.4 Å². The Morgan fingerprint density at radius 3 is 2.36 bits per heavy atom. The van der Waals surface area contributed by atoms with E-state index in [9.17, 15) is 0 Å². The molecule has 0 bridgehead atoms. The first-order valence-electron chi connectivity index (χ1n) is 9.31. The number of rotatable bonds is 5. The molecule has 140 valence electrons. The Hall–Kier alpha value is -2.92. The summed E-state index contributed by atoms with van der Waals surface area (Å²) in [5, 5.41) is 4.80. The third-order valence-electron chi connectivity index (χ3n) is 4.41. The van der Waals surface area contributed by atoms with E-state index in [0.717, 1.165) is 27.8 Å². The van der Waals surface area contributed by atoms with Crippen LogP contribution in [0, 0.1) is 0 Å². The molecule has 0 radical (unpaired) electrons. The van der Waals surface area contributed by atoms with E-state index in [4.69, 9.17) is 9.97 Å². The van der Waals surface area contributed by atoms with E-state index in [2.05, 4.69) is 66.6 Å². The summed E-state index contributed by atoms with van der Waals surface area (Å²) in [6, 6.07) is 18.9. The second-order valence-electron chi connectivity index (χ2n) is 6.81. The standard InChI is InChI=1S/C23H22N4S/c1-15(2)28-19-9-6-16(7-10-19)17-8-11-21-20(13-17)23(24-3)27-22(26-21)18-5-4-12-25-14-18/h4-15H,1-3H3,(H,24,26,27). The van der Waals surface area contributed by atoms with Crippen molar-refractivity contribution in [3.63, 3.8) is 0 Å². The first-order chi connectivity index (χ1) is 13.6. The molecule has 1 N–H and O–H groups in total. The molecule has 0 unspecified atom stereocenters. The van der Waals surface area contributed by atoms with Crippen LogP contribution in [0.3, 0.4) is 0 Å². The number of benzene rings is 2. The van der Waals surface area contributed by atoms with E-state index in [0.29, 0.717) is 11.1 Å². The highest BCUT2D eigenvalue weighted by Gasteiger charge is 2.10. The average Bonchev–Trinajstić information content (AvgIpc) is 2.73. The lowest BCUT2D eigenvalue weighted by molar-refractivity contribution is 1.11. The normalized spacial score (nSPS) is 11.1. The summed E-state index contributed by atoms with van der Waals surface area (Å²) in [4.78, 5) is 14.9. The molecule has 2 heterocycles. The average molecular weight is 387 g/mol. The van der Waals surface area contributed by atoms with Crippen molar-refractivity contribution in [1.82, 2.24) is 15.0 Å². The fourth-order valence-corrected chi connectivity index (χ4v) is 3.96. The number of anilines is 1. The number of thioether (sulfide) groups is 1. The van der Waals surface area contributed by atoms with Gasteiger partial charge < -0.3 is 5.32 Å². The lowest BCUT2D eigenvalue weighted by Crippen LogP contribution is -1.99. The van der Waals surface area contributed by atoms with Gasteiger partial charge >= 0.3 is 0 Å². The zero-order valence-electron chi connectivity index (χ0n) is 16.2. The summed E-state index contributed by atoms with van der Waals surface area (Å²) in [5.74, 6) is 1.49. The number of aromatic nitrogens is 3. The Kier molecular flexibility index (Phi) is 5.26. The summed E-state index contributed by atoms with van der Waals surface area (Å²) in [5.41, 5.74) is 4.16. The number of nitrogens with zero attached hydrogens (tertiary/aromatic N) is 3. The monoisotopic (exact) mass is 386 g/mol. The van der Waals surface area contributed by atoms with Gasteiger partial charge in [-0.15, -0.1) is 11.8 Å². The summed E-state index contributed by atoms with van der Waals surface area (Å²) >= 11 is 1.88. The quantitative estimate of drug-likeness (QED) is 0.433. The molecular weight excluding hydrogens is 364 g/mol. The van der Waals surface area contributed by atoms with Crippen LogP contribution in [-0.2, 0) is 0 Å². The zero-order valence-corrected chi connectivity index (χ0v) is 17.0. The van der Waals surface area contributed by atoms with Gasteiger partial charge in [0.15, 0.2) is 5.82 Å². The first kappa shape index (κ1) is 18.4. The van der Waals surface area contributed by atoms with Crippen molar-refractivity contribution < 1.29 is 0 Å². The number of nitrogens with one attached hydrogen (secondary N) is 1. The van der Waals surface area contributed by atoms with Gasteiger partial charge in [0.25, 0.3) is 0 Å². The van der Waals surface area contributed by atoms with Crippen LogP contribution in [0.1, 0.15) is 13.8 Å². The zero-order chi connectivity index (χ0) is 19.5. The van der Waals surface area contributed by atoms with Crippen LogP contribution in [-0.4, -0.2) is 27.2 Å². The van der Waals surface area contributed by atoms with Crippen LogP contribution in [0.5, 0.6) is 0 Å². The largest absolute Gasteiger partial charge is 0.373 e. The molecule has 2 aromatic carbocycles.